The van der Waals surface area contributed by atoms with Gasteiger partial charge in [-0.3, -0.25) is 9.48 Å². The number of aromatic nitrogens is 4. The summed E-state index contributed by atoms with van der Waals surface area (Å²) in [5.41, 5.74) is 4.84. The number of carbonyl (C=O) groups excluding carboxylic acids is 1. The minimum absolute atomic E-state index is 0.291. The molecular formula is C29H33N9O2. The van der Waals surface area contributed by atoms with Gasteiger partial charge in [0.25, 0.3) is 0 Å². The molecule has 1 aliphatic heterocycles. The van der Waals surface area contributed by atoms with Gasteiger partial charge in [-0.05, 0) is 37.4 Å². The zero-order chi connectivity index (χ0) is 28.1. The fourth-order valence-electron chi connectivity index (χ4n) is 4.55. The van der Waals surface area contributed by atoms with Crippen LogP contribution in [0.3, 0.4) is 0 Å². The fourth-order valence-corrected chi connectivity index (χ4v) is 4.55. The van der Waals surface area contributed by atoms with E-state index in [2.05, 4.69) is 54.4 Å². The number of hydrogen-bond acceptors (Lipinski definition) is 9. The highest BCUT2D eigenvalue weighted by Gasteiger charge is 2.21. The molecule has 0 atom stereocenters. The molecule has 0 radical (unpaired) electrons. The first-order chi connectivity index (χ1) is 19.4. The van der Waals surface area contributed by atoms with Crippen molar-refractivity contribution < 1.29 is 9.53 Å². The van der Waals surface area contributed by atoms with Gasteiger partial charge < -0.3 is 30.5 Å². The molecule has 0 bridgehead atoms. The Morgan fingerprint density at radius 1 is 1.00 bits per heavy atom. The summed E-state index contributed by atoms with van der Waals surface area (Å²) in [6, 6.07) is 15.5. The van der Waals surface area contributed by atoms with Gasteiger partial charge in [0.2, 0.25) is 11.9 Å². The molecule has 2 aromatic heterocycles. The van der Waals surface area contributed by atoms with Crippen molar-refractivity contribution in [1.82, 2.24) is 24.6 Å². The second-order valence-electron chi connectivity index (χ2n) is 9.49. The van der Waals surface area contributed by atoms with E-state index in [0.717, 1.165) is 48.8 Å². The van der Waals surface area contributed by atoms with E-state index < -0.39 is 0 Å². The third kappa shape index (κ3) is 6.05. The summed E-state index contributed by atoms with van der Waals surface area (Å²) in [5.74, 6) is 1.29. The number of amides is 1. The lowest BCUT2D eigenvalue weighted by molar-refractivity contribution is -0.111. The Morgan fingerprint density at radius 3 is 2.52 bits per heavy atom. The maximum atomic E-state index is 12.3. The maximum absolute atomic E-state index is 12.3. The molecule has 0 saturated carbocycles. The molecule has 11 nitrogen and oxygen atoms in total. The minimum Gasteiger partial charge on any atom is -0.494 e. The van der Waals surface area contributed by atoms with Crippen LogP contribution in [-0.2, 0) is 11.8 Å². The molecule has 3 heterocycles. The van der Waals surface area contributed by atoms with Crippen molar-refractivity contribution in [3.05, 3.63) is 73.6 Å². The Kier molecular flexibility index (Phi) is 7.92. The summed E-state index contributed by atoms with van der Waals surface area (Å²) in [6.07, 6.45) is 4.84. The molecule has 1 aliphatic rings. The molecule has 0 aliphatic carbocycles. The largest absolute Gasteiger partial charge is 0.494 e. The van der Waals surface area contributed by atoms with Crippen LogP contribution in [0.2, 0.25) is 0 Å². The average molecular weight is 540 g/mol. The Balaban J connectivity index is 1.43. The van der Waals surface area contributed by atoms with Crippen LogP contribution in [-0.4, -0.2) is 70.9 Å². The van der Waals surface area contributed by atoms with Crippen LogP contribution in [0.15, 0.2) is 73.6 Å². The van der Waals surface area contributed by atoms with E-state index >= 15 is 0 Å². The number of benzene rings is 2. The number of nitrogens with zero attached hydrogens (tertiary/aromatic N) is 6. The van der Waals surface area contributed by atoms with E-state index in [-0.39, 0.29) is 5.91 Å². The lowest BCUT2D eigenvalue weighted by Crippen LogP contribution is -2.44. The second kappa shape index (κ2) is 11.9. The predicted molar refractivity (Wildman–Crippen MR) is 159 cm³/mol. The molecule has 3 N–H and O–H groups in total. The van der Waals surface area contributed by atoms with Gasteiger partial charge in [0.05, 0.1) is 29.9 Å². The molecular weight excluding hydrogens is 506 g/mol. The highest BCUT2D eigenvalue weighted by molar-refractivity contribution is 6.02. The van der Waals surface area contributed by atoms with Gasteiger partial charge in [0, 0.05) is 62.9 Å². The molecule has 0 spiro atoms. The molecule has 4 aromatic rings. The van der Waals surface area contributed by atoms with Crippen LogP contribution in [0, 0.1) is 0 Å². The minimum atomic E-state index is -0.291. The number of methoxy groups -OCH3 is 1. The van der Waals surface area contributed by atoms with E-state index in [9.17, 15) is 4.79 Å². The van der Waals surface area contributed by atoms with E-state index in [1.165, 1.54) is 6.08 Å². The zero-order valence-electron chi connectivity index (χ0n) is 22.9. The van der Waals surface area contributed by atoms with Crippen molar-refractivity contribution >= 4 is 40.4 Å². The van der Waals surface area contributed by atoms with Gasteiger partial charge in [-0.2, -0.15) is 10.1 Å². The summed E-state index contributed by atoms with van der Waals surface area (Å²) >= 11 is 0. The van der Waals surface area contributed by atoms with Crippen LogP contribution in [0.1, 0.15) is 0 Å². The number of ether oxygens (including phenoxy) is 1. The van der Waals surface area contributed by atoms with Crippen molar-refractivity contribution in [2.45, 2.75) is 0 Å². The van der Waals surface area contributed by atoms with E-state index in [1.807, 2.05) is 55.7 Å². The first-order valence-electron chi connectivity index (χ1n) is 13.0. The van der Waals surface area contributed by atoms with Gasteiger partial charge in [0.15, 0.2) is 0 Å². The number of hydrogen-bond donors (Lipinski definition) is 3. The molecule has 1 fully saturated rings. The molecule has 2 aromatic carbocycles. The molecule has 1 saturated heterocycles. The number of piperazine rings is 1. The van der Waals surface area contributed by atoms with Crippen molar-refractivity contribution in [3.63, 3.8) is 0 Å². The lowest BCUT2D eigenvalue weighted by Gasteiger charge is -2.35. The fraction of sp³-hybridized carbons (Fsp3) is 0.241. The normalized spacial score (nSPS) is 13.5. The van der Waals surface area contributed by atoms with Crippen molar-refractivity contribution in [3.8, 4) is 17.0 Å². The molecule has 206 valence electrons. The molecule has 5 rings (SSSR count). The third-order valence-electron chi connectivity index (χ3n) is 6.69. The highest BCUT2D eigenvalue weighted by atomic mass is 16.5. The number of likely N-dealkylation sites (N-methyl/N-ethyl adjacent to an activating group) is 1. The molecule has 0 unspecified atom stereocenters. The van der Waals surface area contributed by atoms with Gasteiger partial charge in [-0.15, -0.1) is 0 Å². The van der Waals surface area contributed by atoms with Gasteiger partial charge in [-0.25, -0.2) is 4.98 Å². The number of para-hydroxylation sites is 1. The maximum Gasteiger partial charge on any atom is 0.247 e. The van der Waals surface area contributed by atoms with E-state index in [4.69, 9.17) is 4.74 Å². The van der Waals surface area contributed by atoms with Gasteiger partial charge in [-0.1, -0.05) is 24.8 Å². The Labute approximate surface area is 233 Å². The smallest absolute Gasteiger partial charge is 0.247 e. The van der Waals surface area contributed by atoms with Gasteiger partial charge in [0.1, 0.15) is 11.6 Å². The summed E-state index contributed by atoms with van der Waals surface area (Å²) in [5, 5.41) is 14.1. The van der Waals surface area contributed by atoms with Crippen molar-refractivity contribution in [2.24, 2.45) is 7.05 Å². The van der Waals surface area contributed by atoms with Gasteiger partial charge >= 0.3 is 0 Å². The first kappa shape index (κ1) is 26.7. The van der Waals surface area contributed by atoms with Crippen molar-refractivity contribution in [2.75, 3.05) is 61.2 Å². The van der Waals surface area contributed by atoms with Crippen LogP contribution in [0.25, 0.3) is 11.3 Å². The predicted octanol–water partition coefficient (Wildman–Crippen LogP) is 4.25. The number of rotatable bonds is 9. The monoisotopic (exact) mass is 539 g/mol. The first-order valence-corrected chi connectivity index (χ1v) is 13.0. The topological polar surface area (TPSA) is 112 Å². The highest BCUT2D eigenvalue weighted by Crippen LogP contribution is 2.39. The Morgan fingerprint density at radius 2 is 1.80 bits per heavy atom. The SMILES string of the molecule is C=CC(=O)Nc1cc(Nc2nccc(Nc3ccccc3-c3ccn(C)n3)n2)c(OC)cc1N1CCN(C)CC1. The Bertz CT molecular complexity index is 1510. The van der Waals surface area contributed by atoms with Crippen LogP contribution in [0.5, 0.6) is 5.75 Å². The average Bonchev–Trinajstić information content (AvgIpc) is 3.40. The summed E-state index contributed by atoms with van der Waals surface area (Å²) in [7, 11) is 5.61. The number of anilines is 6. The third-order valence-corrected chi connectivity index (χ3v) is 6.69. The quantitative estimate of drug-likeness (QED) is 0.269. The number of nitrogens with one attached hydrogen (secondary N) is 3. The molecule has 40 heavy (non-hydrogen) atoms. The van der Waals surface area contributed by atoms with E-state index in [1.54, 1.807) is 24.1 Å². The van der Waals surface area contributed by atoms with Crippen LogP contribution in [0.4, 0.5) is 34.5 Å². The number of aryl methyl sites for hydroxylation is 1. The summed E-state index contributed by atoms with van der Waals surface area (Å²) < 4.78 is 7.51. The van der Waals surface area contributed by atoms with E-state index in [0.29, 0.717) is 28.9 Å². The van der Waals surface area contributed by atoms with Crippen LogP contribution >= 0.6 is 0 Å². The molecule has 11 heteroatoms. The zero-order valence-corrected chi connectivity index (χ0v) is 22.9. The van der Waals surface area contributed by atoms with Crippen LogP contribution < -0.4 is 25.6 Å². The summed E-state index contributed by atoms with van der Waals surface area (Å²) in [4.78, 5) is 25.9. The summed E-state index contributed by atoms with van der Waals surface area (Å²) in [6.45, 7) is 7.12. The number of carbonyl (C=O) groups is 1. The lowest BCUT2D eigenvalue weighted by atomic mass is 10.1. The standard InChI is InChI=1S/C29H33N9O2/c1-5-28(39)32-23-18-24(26(40-4)19-25(23)38-16-14-36(2)15-17-38)33-29-30-12-10-27(34-29)31-21-9-7-6-8-20(21)22-11-13-37(3)35-22/h5-13,18-19H,1,14-17H2,2-4H3,(H,32,39)(H2,30,31,33,34). The molecule has 1 amide bonds. The Hall–Kier alpha value is -4.90. The second-order valence-corrected chi connectivity index (χ2v) is 9.49. The van der Waals surface area contributed by atoms with Crippen molar-refractivity contribution in [1.29, 1.82) is 0 Å².